The summed E-state index contributed by atoms with van der Waals surface area (Å²) in [7, 11) is 1.66. The summed E-state index contributed by atoms with van der Waals surface area (Å²) in [5.74, 6) is 0.932. The number of amides is 1. The van der Waals surface area contributed by atoms with Crippen LogP contribution in [0.4, 0.5) is 11.4 Å². The van der Waals surface area contributed by atoms with Crippen LogP contribution in [0.3, 0.4) is 0 Å². The second-order valence-electron chi connectivity index (χ2n) is 5.19. The highest BCUT2D eigenvalue weighted by Crippen LogP contribution is 2.31. The van der Waals surface area contributed by atoms with Gasteiger partial charge in [-0.1, -0.05) is 6.07 Å². The molecule has 2 N–H and O–H groups in total. The Labute approximate surface area is 133 Å². The quantitative estimate of drug-likeness (QED) is 0.883. The van der Waals surface area contributed by atoms with Crippen LogP contribution in [-0.2, 0) is 0 Å². The van der Waals surface area contributed by atoms with Crippen LogP contribution >= 0.6 is 11.3 Å². The predicted octanol–water partition coefficient (Wildman–Crippen LogP) is 2.30. The van der Waals surface area contributed by atoms with Gasteiger partial charge in [-0.05, 0) is 29.6 Å². The molecular formula is C16H19N3O2S. The highest BCUT2D eigenvalue weighted by molar-refractivity contribution is 7.12. The van der Waals surface area contributed by atoms with Gasteiger partial charge >= 0.3 is 0 Å². The Hall–Kier alpha value is -2.21. The molecule has 1 fully saturated rings. The van der Waals surface area contributed by atoms with Gasteiger partial charge in [-0.3, -0.25) is 4.79 Å². The number of anilines is 2. The van der Waals surface area contributed by atoms with Crippen LogP contribution in [0.25, 0.3) is 0 Å². The van der Waals surface area contributed by atoms with Gasteiger partial charge in [-0.15, -0.1) is 11.3 Å². The Bertz CT molecular complexity index is 649. The Morgan fingerprint density at radius 2 is 2.00 bits per heavy atom. The summed E-state index contributed by atoms with van der Waals surface area (Å²) in [5.41, 5.74) is 7.59. The van der Waals surface area contributed by atoms with E-state index in [9.17, 15) is 4.79 Å². The van der Waals surface area contributed by atoms with E-state index in [-0.39, 0.29) is 5.91 Å². The van der Waals surface area contributed by atoms with Crippen LogP contribution in [0.5, 0.6) is 5.75 Å². The third-order valence-corrected chi connectivity index (χ3v) is 4.70. The second-order valence-corrected chi connectivity index (χ2v) is 6.14. The molecule has 2 heterocycles. The SMILES string of the molecule is COc1ccc(N)cc1N1CCN(C(=O)c2cccs2)CC1. The zero-order valence-corrected chi connectivity index (χ0v) is 13.3. The number of nitrogens with zero attached hydrogens (tertiary/aromatic N) is 2. The van der Waals surface area contributed by atoms with Crippen molar-refractivity contribution in [2.75, 3.05) is 43.9 Å². The first kappa shape index (κ1) is 14.7. The number of thiophene rings is 1. The predicted molar refractivity (Wildman–Crippen MR) is 89.8 cm³/mol. The van der Waals surface area contributed by atoms with Crippen molar-refractivity contribution in [1.29, 1.82) is 0 Å². The molecule has 0 atom stereocenters. The normalized spacial score (nSPS) is 15.0. The zero-order chi connectivity index (χ0) is 15.5. The highest BCUT2D eigenvalue weighted by Gasteiger charge is 2.24. The lowest BCUT2D eigenvalue weighted by Crippen LogP contribution is -2.48. The van der Waals surface area contributed by atoms with E-state index >= 15 is 0 Å². The zero-order valence-electron chi connectivity index (χ0n) is 12.5. The summed E-state index contributed by atoms with van der Waals surface area (Å²) in [6.07, 6.45) is 0. The fourth-order valence-electron chi connectivity index (χ4n) is 2.66. The van der Waals surface area contributed by atoms with Crippen molar-refractivity contribution in [2.24, 2.45) is 0 Å². The molecule has 0 spiro atoms. The molecule has 3 rings (SSSR count). The first-order valence-corrected chi connectivity index (χ1v) is 8.08. The van der Waals surface area contributed by atoms with E-state index in [1.54, 1.807) is 7.11 Å². The van der Waals surface area contributed by atoms with Gasteiger partial charge in [0.15, 0.2) is 0 Å². The molecule has 0 unspecified atom stereocenters. The fraction of sp³-hybridized carbons (Fsp3) is 0.312. The Kier molecular flexibility index (Phi) is 4.20. The van der Waals surface area contributed by atoms with Gasteiger partial charge in [-0.2, -0.15) is 0 Å². The maximum absolute atomic E-state index is 12.4. The van der Waals surface area contributed by atoms with E-state index in [0.717, 1.165) is 29.4 Å². The van der Waals surface area contributed by atoms with Crippen molar-refractivity contribution in [3.63, 3.8) is 0 Å². The maximum atomic E-state index is 12.4. The number of hydrogen-bond donors (Lipinski definition) is 1. The smallest absolute Gasteiger partial charge is 0.264 e. The molecule has 1 saturated heterocycles. The van der Waals surface area contributed by atoms with Gasteiger partial charge in [-0.25, -0.2) is 0 Å². The van der Waals surface area contributed by atoms with Crippen LogP contribution in [0, 0.1) is 0 Å². The lowest BCUT2D eigenvalue weighted by Gasteiger charge is -2.36. The third kappa shape index (κ3) is 2.87. The molecule has 1 aromatic heterocycles. The number of methoxy groups -OCH3 is 1. The van der Waals surface area contributed by atoms with E-state index in [4.69, 9.17) is 10.5 Å². The minimum Gasteiger partial charge on any atom is -0.495 e. The number of carbonyl (C=O) groups is 1. The minimum atomic E-state index is 0.120. The lowest BCUT2D eigenvalue weighted by molar-refractivity contribution is 0.0751. The van der Waals surface area contributed by atoms with Gasteiger partial charge in [0, 0.05) is 31.9 Å². The molecule has 2 aromatic rings. The highest BCUT2D eigenvalue weighted by atomic mass is 32.1. The molecule has 5 nitrogen and oxygen atoms in total. The van der Waals surface area contributed by atoms with E-state index in [2.05, 4.69) is 4.90 Å². The number of piperazine rings is 1. The molecule has 116 valence electrons. The van der Waals surface area contributed by atoms with Crippen LogP contribution in [0.1, 0.15) is 9.67 Å². The second kappa shape index (κ2) is 6.27. The van der Waals surface area contributed by atoms with Gasteiger partial charge < -0.3 is 20.3 Å². The molecule has 6 heteroatoms. The summed E-state index contributed by atoms with van der Waals surface area (Å²) in [6.45, 7) is 2.96. The van der Waals surface area contributed by atoms with E-state index in [1.807, 2.05) is 40.6 Å². The Balaban J connectivity index is 1.69. The number of hydrogen-bond acceptors (Lipinski definition) is 5. The van der Waals surface area contributed by atoms with Crippen molar-refractivity contribution in [3.05, 3.63) is 40.6 Å². The molecule has 0 aliphatic carbocycles. The molecule has 1 aliphatic heterocycles. The van der Waals surface area contributed by atoms with Crippen LogP contribution in [0.2, 0.25) is 0 Å². The molecule has 1 aliphatic rings. The topological polar surface area (TPSA) is 58.8 Å². The van der Waals surface area contributed by atoms with E-state index in [0.29, 0.717) is 18.8 Å². The molecular weight excluding hydrogens is 298 g/mol. The van der Waals surface area contributed by atoms with Crippen LogP contribution in [0.15, 0.2) is 35.7 Å². The summed E-state index contributed by atoms with van der Waals surface area (Å²) in [6, 6.07) is 9.42. The van der Waals surface area contributed by atoms with Crippen molar-refractivity contribution in [2.45, 2.75) is 0 Å². The lowest BCUT2D eigenvalue weighted by atomic mass is 10.2. The van der Waals surface area contributed by atoms with Crippen molar-refractivity contribution < 1.29 is 9.53 Å². The minimum absolute atomic E-state index is 0.120. The molecule has 1 amide bonds. The molecule has 0 bridgehead atoms. The summed E-state index contributed by atoms with van der Waals surface area (Å²) >= 11 is 1.49. The van der Waals surface area contributed by atoms with Crippen molar-refractivity contribution in [3.8, 4) is 5.75 Å². The maximum Gasteiger partial charge on any atom is 0.264 e. The number of nitrogens with two attached hydrogens (primary N) is 1. The number of benzene rings is 1. The average Bonchev–Trinajstić information content (AvgIpc) is 3.09. The van der Waals surface area contributed by atoms with E-state index in [1.165, 1.54) is 11.3 Å². The summed E-state index contributed by atoms with van der Waals surface area (Å²) < 4.78 is 5.41. The number of nitrogen functional groups attached to an aromatic ring is 1. The number of rotatable bonds is 3. The van der Waals surface area contributed by atoms with E-state index < -0.39 is 0 Å². The molecule has 1 aromatic carbocycles. The fourth-order valence-corrected chi connectivity index (χ4v) is 3.35. The standard InChI is InChI=1S/C16H19N3O2S/c1-21-14-5-4-12(17)11-13(14)18-6-8-19(9-7-18)16(20)15-3-2-10-22-15/h2-5,10-11H,6-9,17H2,1H3. The number of carbonyl (C=O) groups excluding carboxylic acids is 1. The molecule has 0 saturated carbocycles. The summed E-state index contributed by atoms with van der Waals surface area (Å²) in [4.78, 5) is 17.3. The largest absolute Gasteiger partial charge is 0.495 e. The van der Waals surface area contributed by atoms with Gasteiger partial charge in [0.1, 0.15) is 5.75 Å². The van der Waals surface area contributed by atoms with Gasteiger partial charge in [0.05, 0.1) is 17.7 Å². The monoisotopic (exact) mass is 317 g/mol. The Morgan fingerprint density at radius 3 is 2.64 bits per heavy atom. The first-order valence-electron chi connectivity index (χ1n) is 7.20. The average molecular weight is 317 g/mol. The third-order valence-electron chi connectivity index (χ3n) is 3.84. The number of ether oxygens (including phenoxy) is 1. The van der Waals surface area contributed by atoms with Crippen molar-refractivity contribution >= 4 is 28.6 Å². The summed E-state index contributed by atoms with van der Waals surface area (Å²) in [5, 5.41) is 1.93. The Morgan fingerprint density at radius 1 is 1.23 bits per heavy atom. The van der Waals surface area contributed by atoms with Crippen LogP contribution in [-0.4, -0.2) is 44.1 Å². The first-order chi connectivity index (χ1) is 10.7. The molecule has 0 radical (unpaired) electrons. The van der Waals surface area contributed by atoms with Gasteiger partial charge in [0.2, 0.25) is 0 Å². The molecule has 22 heavy (non-hydrogen) atoms. The van der Waals surface area contributed by atoms with Crippen LogP contribution < -0.4 is 15.4 Å². The van der Waals surface area contributed by atoms with Gasteiger partial charge in [0.25, 0.3) is 5.91 Å². The van der Waals surface area contributed by atoms with Crippen molar-refractivity contribution in [1.82, 2.24) is 4.90 Å².